The van der Waals surface area contributed by atoms with Crippen LogP contribution in [0.1, 0.15) is 45.4 Å². The molecule has 1 unspecified atom stereocenters. The van der Waals surface area contributed by atoms with Gasteiger partial charge in [0.15, 0.2) is 11.5 Å². The fourth-order valence-corrected chi connectivity index (χ4v) is 4.09. The average Bonchev–Trinajstić information content (AvgIpc) is 3.17. The number of methoxy groups -OCH3 is 1. The molecule has 6 nitrogen and oxygen atoms in total. The second-order valence-electron chi connectivity index (χ2n) is 9.68. The fraction of sp³-hybridized carbons (Fsp3) is 0.720. The van der Waals surface area contributed by atoms with E-state index >= 15 is 0 Å². The highest BCUT2D eigenvalue weighted by atomic mass is 16.5. The summed E-state index contributed by atoms with van der Waals surface area (Å²) < 4.78 is 12.4. The van der Waals surface area contributed by atoms with Crippen molar-refractivity contribution in [3.8, 4) is 11.5 Å². The molecule has 2 rings (SSSR count). The van der Waals surface area contributed by atoms with Crippen molar-refractivity contribution in [3.05, 3.63) is 24.3 Å². The van der Waals surface area contributed by atoms with Crippen LogP contribution < -0.4 is 9.47 Å². The summed E-state index contributed by atoms with van der Waals surface area (Å²) in [6, 6.07) is 8.02. The highest BCUT2D eigenvalue weighted by Gasteiger charge is 2.28. The molecule has 1 aromatic rings. The first-order valence-corrected chi connectivity index (χ1v) is 11.9. The Hall–Kier alpha value is -1.79. The summed E-state index contributed by atoms with van der Waals surface area (Å²) in [5.41, 5.74) is 0. The minimum atomic E-state index is 0.267. The van der Waals surface area contributed by atoms with Crippen LogP contribution in [-0.4, -0.2) is 93.8 Å². The number of para-hydroxylation sites is 2. The van der Waals surface area contributed by atoms with Crippen molar-refractivity contribution in [2.45, 2.75) is 51.5 Å². The first-order chi connectivity index (χ1) is 14.8. The molecule has 0 aliphatic carbocycles. The Morgan fingerprint density at radius 2 is 1.84 bits per heavy atom. The molecule has 0 radical (unpaired) electrons. The lowest BCUT2D eigenvalue weighted by molar-refractivity contribution is -0.870. The Balaban J connectivity index is 1.86. The number of ether oxygens (including phenoxy) is 2. The number of quaternary nitrogens is 1. The Morgan fingerprint density at radius 3 is 2.52 bits per heavy atom. The summed E-state index contributed by atoms with van der Waals surface area (Å²) in [7, 11) is 8.33. The van der Waals surface area contributed by atoms with E-state index in [1.54, 1.807) is 7.11 Å². The van der Waals surface area contributed by atoms with Crippen LogP contribution in [0.2, 0.25) is 0 Å². The number of amides is 1. The molecule has 1 saturated heterocycles. The van der Waals surface area contributed by atoms with Crippen LogP contribution >= 0.6 is 0 Å². The van der Waals surface area contributed by atoms with Gasteiger partial charge in [-0.2, -0.15) is 0 Å². The number of rotatable bonds is 14. The van der Waals surface area contributed by atoms with Crippen LogP contribution in [0.25, 0.3) is 0 Å². The maximum absolute atomic E-state index is 13.1. The van der Waals surface area contributed by atoms with Gasteiger partial charge >= 0.3 is 0 Å². The van der Waals surface area contributed by atoms with Crippen molar-refractivity contribution in [2.75, 3.05) is 67.6 Å². The Kier molecular flexibility index (Phi) is 10.6. The zero-order chi connectivity index (χ0) is 22.7. The van der Waals surface area contributed by atoms with Crippen molar-refractivity contribution >= 4 is 5.91 Å². The van der Waals surface area contributed by atoms with Crippen LogP contribution in [0.5, 0.6) is 11.5 Å². The molecule has 1 amide bonds. The standard InChI is InChI=1S/C25H44N3O3/c1-6-7-16-26(17-10-11-19-28(2,3)4)25(29)20-27-18-12-13-22(27)21-31-24-15-9-8-14-23(24)30-5/h8-9,14-15,22H,6-7,10-13,16-21H2,1-5H3/q+1. The van der Waals surface area contributed by atoms with Crippen molar-refractivity contribution < 1.29 is 18.8 Å². The van der Waals surface area contributed by atoms with Gasteiger partial charge in [0.05, 0.1) is 41.3 Å². The molecule has 1 aliphatic rings. The van der Waals surface area contributed by atoms with Crippen LogP contribution in [0.3, 0.4) is 0 Å². The zero-order valence-electron chi connectivity index (χ0n) is 20.4. The van der Waals surface area contributed by atoms with Gasteiger partial charge in [0.25, 0.3) is 0 Å². The monoisotopic (exact) mass is 434 g/mol. The van der Waals surface area contributed by atoms with Crippen molar-refractivity contribution in [3.63, 3.8) is 0 Å². The van der Waals surface area contributed by atoms with E-state index in [1.807, 2.05) is 24.3 Å². The molecule has 0 N–H and O–H groups in total. The zero-order valence-corrected chi connectivity index (χ0v) is 20.4. The fourth-order valence-electron chi connectivity index (χ4n) is 4.09. The van der Waals surface area contributed by atoms with Gasteiger partial charge < -0.3 is 18.9 Å². The van der Waals surface area contributed by atoms with Gasteiger partial charge in [0.2, 0.25) is 5.91 Å². The smallest absolute Gasteiger partial charge is 0.236 e. The average molecular weight is 435 g/mol. The molecule has 1 aromatic carbocycles. The molecular weight excluding hydrogens is 390 g/mol. The quantitative estimate of drug-likeness (QED) is 0.331. The van der Waals surface area contributed by atoms with E-state index in [0.29, 0.717) is 13.2 Å². The van der Waals surface area contributed by atoms with Crippen molar-refractivity contribution in [1.82, 2.24) is 9.80 Å². The SMILES string of the molecule is CCCCN(CCCC[N+](C)(C)C)C(=O)CN1CCCC1COc1ccccc1OC. The first-order valence-electron chi connectivity index (χ1n) is 11.9. The number of hydrogen-bond donors (Lipinski definition) is 0. The molecule has 1 fully saturated rings. The summed E-state index contributed by atoms with van der Waals surface area (Å²) in [4.78, 5) is 17.5. The lowest BCUT2D eigenvalue weighted by Gasteiger charge is -2.29. The molecule has 0 saturated carbocycles. The van der Waals surface area contributed by atoms with Gasteiger partial charge in [-0.15, -0.1) is 0 Å². The highest BCUT2D eigenvalue weighted by Crippen LogP contribution is 2.27. The number of nitrogens with zero attached hydrogens (tertiary/aromatic N) is 3. The third kappa shape index (κ3) is 9.08. The molecule has 1 heterocycles. The largest absolute Gasteiger partial charge is 0.493 e. The molecule has 0 spiro atoms. The second-order valence-corrected chi connectivity index (χ2v) is 9.68. The Labute approximate surface area is 189 Å². The van der Waals surface area contributed by atoms with E-state index in [1.165, 1.54) is 0 Å². The van der Waals surface area contributed by atoms with Crippen LogP contribution in [0.4, 0.5) is 0 Å². The number of benzene rings is 1. The van der Waals surface area contributed by atoms with E-state index in [-0.39, 0.29) is 11.9 Å². The van der Waals surface area contributed by atoms with Crippen LogP contribution in [0.15, 0.2) is 24.3 Å². The van der Waals surface area contributed by atoms with Gasteiger partial charge in [-0.05, 0) is 50.8 Å². The maximum Gasteiger partial charge on any atom is 0.236 e. The van der Waals surface area contributed by atoms with Crippen LogP contribution in [-0.2, 0) is 4.79 Å². The van der Waals surface area contributed by atoms with E-state index in [9.17, 15) is 4.79 Å². The lowest BCUT2D eigenvalue weighted by Crippen LogP contribution is -2.44. The van der Waals surface area contributed by atoms with Gasteiger partial charge in [-0.3, -0.25) is 9.69 Å². The molecular formula is C25H44N3O3+. The van der Waals surface area contributed by atoms with E-state index in [2.05, 4.69) is 37.9 Å². The molecule has 0 bridgehead atoms. The van der Waals surface area contributed by atoms with Crippen LogP contribution in [0, 0.1) is 0 Å². The predicted molar refractivity (Wildman–Crippen MR) is 127 cm³/mol. The normalized spacial score (nSPS) is 17.0. The first kappa shape index (κ1) is 25.5. The van der Waals surface area contributed by atoms with E-state index < -0.39 is 0 Å². The molecule has 176 valence electrons. The summed E-state index contributed by atoms with van der Waals surface area (Å²) in [5.74, 6) is 1.79. The minimum absolute atomic E-state index is 0.267. The lowest BCUT2D eigenvalue weighted by atomic mass is 10.2. The Morgan fingerprint density at radius 1 is 1.13 bits per heavy atom. The molecule has 1 aliphatic heterocycles. The summed E-state index contributed by atoms with van der Waals surface area (Å²) >= 11 is 0. The van der Waals surface area contributed by atoms with Gasteiger partial charge in [0.1, 0.15) is 6.61 Å². The third-order valence-electron chi connectivity index (χ3n) is 5.98. The van der Waals surface area contributed by atoms with Crippen molar-refractivity contribution in [1.29, 1.82) is 0 Å². The van der Waals surface area contributed by atoms with Gasteiger partial charge in [-0.1, -0.05) is 25.5 Å². The third-order valence-corrected chi connectivity index (χ3v) is 5.98. The molecule has 0 aromatic heterocycles. The van der Waals surface area contributed by atoms with E-state index in [4.69, 9.17) is 9.47 Å². The number of carbonyl (C=O) groups is 1. The number of hydrogen-bond acceptors (Lipinski definition) is 4. The summed E-state index contributed by atoms with van der Waals surface area (Å²) in [6.45, 7) is 7.13. The van der Waals surface area contributed by atoms with E-state index in [0.717, 1.165) is 80.7 Å². The Bertz CT molecular complexity index is 660. The minimum Gasteiger partial charge on any atom is -0.493 e. The molecule has 31 heavy (non-hydrogen) atoms. The number of unbranched alkanes of at least 4 members (excludes halogenated alkanes) is 2. The number of carbonyl (C=O) groups excluding carboxylic acids is 1. The predicted octanol–water partition coefficient (Wildman–Crippen LogP) is 3.65. The van der Waals surface area contributed by atoms with Crippen molar-refractivity contribution in [2.24, 2.45) is 0 Å². The summed E-state index contributed by atoms with van der Waals surface area (Å²) in [6.07, 6.45) is 6.60. The highest BCUT2D eigenvalue weighted by molar-refractivity contribution is 5.78. The van der Waals surface area contributed by atoms with Gasteiger partial charge in [-0.25, -0.2) is 0 Å². The molecule has 1 atom stereocenters. The maximum atomic E-state index is 13.1. The molecule has 6 heteroatoms. The van der Waals surface area contributed by atoms with Gasteiger partial charge in [0, 0.05) is 19.1 Å². The number of likely N-dealkylation sites (tertiary alicyclic amines) is 1. The summed E-state index contributed by atoms with van der Waals surface area (Å²) in [5, 5.41) is 0. The topological polar surface area (TPSA) is 42.0 Å². The second kappa shape index (κ2) is 12.9.